The monoisotopic (exact) mass is 464 g/mol. The van der Waals surface area contributed by atoms with E-state index in [-0.39, 0.29) is 10.4 Å². The second-order valence-corrected chi connectivity index (χ2v) is 9.38. The van der Waals surface area contributed by atoms with Gasteiger partial charge in [0.15, 0.2) is 0 Å². The SMILES string of the molecule is Cc1oc(-c2ccccc2)nc1CCOc1ccc(CC2NC(=O)SC2=O)c2ccsc12. The number of hydrogen-bond acceptors (Lipinski definition) is 7. The Hall–Kier alpha value is -3.10. The van der Waals surface area contributed by atoms with Crippen molar-refractivity contribution in [2.75, 3.05) is 6.61 Å². The summed E-state index contributed by atoms with van der Waals surface area (Å²) in [5.41, 5.74) is 2.86. The molecule has 4 aromatic rings. The highest BCUT2D eigenvalue weighted by Crippen LogP contribution is 2.35. The zero-order valence-corrected chi connectivity index (χ0v) is 18.9. The third-order valence-corrected chi connectivity index (χ3v) is 7.09. The molecule has 1 aliphatic rings. The highest BCUT2D eigenvalue weighted by atomic mass is 32.2. The molecular weight excluding hydrogens is 444 g/mol. The predicted molar refractivity (Wildman–Crippen MR) is 126 cm³/mol. The maximum atomic E-state index is 12.0. The van der Waals surface area contributed by atoms with Crippen molar-refractivity contribution < 1.29 is 18.7 Å². The van der Waals surface area contributed by atoms with Gasteiger partial charge in [0, 0.05) is 30.2 Å². The van der Waals surface area contributed by atoms with Gasteiger partial charge in [-0.3, -0.25) is 9.59 Å². The van der Waals surface area contributed by atoms with Crippen molar-refractivity contribution in [3.05, 3.63) is 70.9 Å². The Kier molecular flexibility index (Phi) is 5.71. The molecule has 2 aromatic heterocycles. The number of carbonyl (C=O) groups excluding carboxylic acids is 2. The number of ether oxygens (including phenoxy) is 1. The summed E-state index contributed by atoms with van der Waals surface area (Å²) >= 11 is 2.35. The molecule has 1 aliphatic heterocycles. The Labute approximate surface area is 193 Å². The molecule has 0 spiro atoms. The molecule has 6 nitrogen and oxygen atoms in total. The number of rotatable bonds is 7. The summed E-state index contributed by atoms with van der Waals surface area (Å²) in [4.78, 5) is 28.1. The van der Waals surface area contributed by atoms with Crippen LogP contribution < -0.4 is 10.1 Å². The lowest BCUT2D eigenvalue weighted by molar-refractivity contribution is -0.112. The first kappa shape index (κ1) is 20.8. The van der Waals surface area contributed by atoms with Gasteiger partial charge in [0.1, 0.15) is 17.6 Å². The van der Waals surface area contributed by atoms with Gasteiger partial charge < -0.3 is 14.5 Å². The molecule has 1 atom stereocenters. The molecule has 8 heteroatoms. The number of thiophene rings is 1. The molecular formula is C24H20N2O4S2. The van der Waals surface area contributed by atoms with Crippen LogP contribution in [0.25, 0.3) is 21.5 Å². The van der Waals surface area contributed by atoms with Gasteiger partial charge >= 0.3 is 0 Å². The van der Waals surface area contributed by atoms with Gasteiger partial charge in [-0.25, -0.2) is 4.98 Å². The summed E-state index contributed by atoms with van der Waals surface area (Å²) in [6.45, 7) is 2.39. The van der Waals surface area contributed by atoms with Crippen molar-refractivity contribution in [3.63, 3.8) is 0 Å². The fourth-order valence-corrected chi connectivity index (χ4v) is 5.33. The number of amides is 1. The van der Waals surface area contributed by atoms with Crippen molar-refractivity contribution in [3.8, 4) is 17.2 Å². The number of hydrogen-bond donors (Lipinski definition) is 1. The minimum absolute atomic E-state index is 0.128. The smallest absolute Gasteiger partial charge is 0.287 e. The van der Waals surface area contributed by atoms with Crippen LogP contribution in [0.15, 0.2) is 58.3 Å². The van der Waals surface area contributed by atoms with Crippen LogP contribution >= 0.6 is 23.1 Å². The van der Waals surface area contributed by atoms with Crippen LogP contribution in [-0.2, 0) is 17.6 Å². The third-order valence-electron chi connectivity index (χ3n) is 5.37. The molecule has 0 aliphatic carbocycles. The van der Waals surface area contributed by atoms with Gasteiger partial charge in [0.05, 0.1) is 17.0 Å². The van der Waals surface area contributed by atoms with Crippen molar-refractivity contribution in [1.29, 1.82) is 0 Å². The summed E-state index contributed by atoms with van der Waals surface area (Å²) in [7, 11) is 0. The molecule has 1 N–H and O–H groups in total. The van der Waals surface area contributed by atoms with Gasteiger partial charge in [-0.15, -0.1) is 11.3 Å². The zero-order chi connectivity index (χ0) is 22.1. The van der Waals surface area contributed by atoms with Crippen molar-refractivity contribution >= 4 is 43.5 Å². The van der Waals surface area contributed by atoms with Gasteiger partial charge in [0.2, 0.25) is 11.0 Å². The number of thioether (sulfide) groups is 1. The van der Waals surface area contributed by atoms with Gasteiger partial charge in [-0.2, -0.15) is 0 Å². The van der Waals surface area contributed by atoms with E-state index in [0.29, 0.717) is 25.3 Å². The van der Waals surface area contributed by atoms with Crippen LogP contribution in [0.1, 0.15) is 17.0 Å². The molecule has 162 valence electrons. The highest BCUT2D eigenvalue weighted by Gasteiger charge is 2.31. The van der Waals surface area contributed by atoms with Crippen LogP contribution in [0.2, 0.25) is 0 Å². The van der Waals surface area contributed by atoms with Gasteiger partial charge in [-0.05, 0) is 47.5 Å². The van der Waals surface area contributed by atoms with Crippen LogP contribution in [0, 0.1) is 6.92 Å². The van der Waals surface area contributed by atoms with Crippen LogP contribution in [-0.4, -0.2) is 28.0 Å². The number of nitrogens with one attached hydrogen (secondary N) is 1. The second-order valence-electron chi connectivity index (χ2n) is 7.48. The summed E-state index contributed by atoms with van der Waals surface area (Å²) < 4.78 is 13.0. The fourth-order valence-electron chi connectivity index (χ4n) is 3.76. The first-order valence-electron chi connectivity index (χ1n) is 10.2. The summed E-state index contributed by atoms with van der Waals surface area (Å²) in [6.07, 6.45) is 1.11. The minimum atomic E-state index is -0.476. The average Bonchev–Trinajstić information content (AvgIpc) is 3.50. The number of fused-ring (bicyclic) bond motifs is 1. The molecule has 0 bridgehead atoms. The molecule has 5 rings (SSSR count). The maximum Gasteiger partial charge on any atom is 0.287 e. The fraction of sp³-hybridized carbons (Fsp3) is 0.208. The second kappa shape index (κ2) is 8.80. The Bertz CT molecular complexity index is 1300. The summed E-state index contributed by atoms with van der Waals surface area (Å²) in [6, 6.07) is 15.3. The number of aromatic nitrogens is 1. The van der Waals surface area contributed by atoms with E-state index in [1.165, 1.54) is 0 Å². The molecule has 2 aromatic carbocycles. The van der Waals surface area contributed by atoms with Crippen LogP contribution in [0.5, 0.6) is 5.75 Å². The van der Waals surface area contributed by atoms with Crippen molar-refractivity contribution in [1.82, 2.24) is 10.3 Å². The molecule has 1 fully saturated rings. The molecule has 1 amide bonds. The minimum Gasteiger partial charge on any atom is -0.492 e. The van der Waals surface area contributed by atoms with E-state index in [1.54, 1.807) is 11.3 Å². The van der Waals surface area contributed by atoms with Crippen molar-refractivity contribution in [2.45, 2.75) is 25.8 Å². The zero-order valence-electron chi connectivity index (χ0n) is 17.3. The van der Waals surface area contributed by atoms with Gasteiger partial charge in [0.25, 0.3) is 5.24 Å². The van der Waals surface area contributed by atoms with E-state index in [2.05, 4.69) is 10.3 Å². The molecule has 0 radical (unpaired) electrons. The van der Waals surface area contributed by atoms with Crippen LogP contribution in [0.3, 0.4) is 0 Å². The van der Waals surface area contributed by atoms with E-state index >= 15 is 0 Å². The first-order chi connectivity index (χ1) is 15.6. The van der Waals surface area contributed by atoms with E-state index in [9.17, 15) is 9.59 Å². The lowest BCUT2D eigenvalue weighted by Gasteiger charge is -2.12. The average molecular weight is 465 g/mol. The van der Waals surface area contributed by atoms with E-state index in [1.807, 2.05) is 60.8 Å². The molecule has 32 heavy (non-hydrogen) atoms. The normalized spacial score (nSPS) is 16.0. The number of oxazole rings is 1. The predicted octanol–water partition coefficient (Wildman–Crippen LogP) is 5.38. The number of aryl methyl sites for hydroxylation is 1. The first-order valence-corrected chi connectivity index (χ1v) is 11.9. The van der Waals surface area contributed by atoms with E-state index in [0.717, 1.165) is 50.2 Å². The van der Waals surface area contributed by atoms with Crippen LogP contribution in [0.4, 0.5) is 4.79 Å². The standard InChI is InChI=1S/C24H20N2O4S2/c1-14-18(25-22(30-14)15-5-3-2-4-6-15)9-11-29-20-8-7-16(17-10-12-31-21(17)20)13-19-23(27)32-24(28)26-19/h2-8,10,12,19H,9,11,13H2,1H3,(H,26,28). The summed E-state index contributed by atoms with van der Waals surface area (Å²) in [5, 5.41) is 5.38. The number of benzene rings is 2. The number of carbonyl (C=O) groups is 2. The van der Waals surface area contributed by atoms with Crippen molar-refractivity contribution in [2.24, 2.45) is 0 Å². The Morgan fingerprint density at radius 3 is 2.75 bits per heavy atom. The number of nitrogens with zero attached hydrogens (tertiary/aromatic N) is 1. The maximum absolute atomic E-state index is 12.0. The lowest BCUT2D eigenvalue weighted by Crippen LogP contribution is -2.30. The van der Waals surface area contributed by atoms with Gasteiger partial charge in [-0.1, -0.05) is 24.3 Å². The highest BCUT2D eigenvalue weighted by molar-refractivity contribution is 8.26. The Morgan fingerprint density at radius 2 is 1.97 bits per heavy atom. The molecule has 1 saturated heterocycles. The van der Waals surface area contributed by atoms with E-state index < -0.39 is 6.04 Å². The molecule has 1 unspecified atom stereocenters. The largest absolute Gasteiger partial charge is 0.492 e. The molecule has 0 saturated carbocycles. The topological polar surface area (TPSA) is 81.4 Å². The van der Waals surface area contributed by atoms with E-state index in [4.69, 9.17) is 9.15 Å². The molecule has 3 heterocycles. The quantitative estimate of drug-likeness (QED) is 0.395. The Balaban J connectivity index is 1.28. The summed E-state index contributed by atoms with van der Waals surface area (Å²) in [5.74, 6) is 2.22. The Morgan fingerprint density at radius 1 is 1.12 bits per heavy atom. The lowest BCUT2D eigenvalue weighted by atomic mass is 10.0. The third kappa shape index (κ3) is 4.16.